The van der Waals surface area contributed by atoms with Gasteiger partial charge in [-0.3, -0.25) is 4.79 Å². The van der Waals surface area contributed by atoms with Crippen LogP contribution in [0.3, 0.4) is 0 Å². The van der Waals surface area contributed by atoms with Gasteiger partial charge in [0.1, 0.15) is 0 Å². The Kier molecular flexibility index (Phi) is 4.36. The second-order valence-electron chi connectivity index (χ2n) is 1.48. The summed E-state index contributed by atoms with van der Waals surface area (Å²) in [6, 6.07) is 0. The Hall–Kier alpha value is -0.505. The summed E-state index contributed by atoms with van der Waals surface area (Å²) in [6.07, 6.45) is 0. The molecule has 0 spiro atoms. The second-order valence-corrected chi connectivity index (χ2v) is 1.48. The van der Waals surface area contributed by atoms with Gasteiger partial charge < -0.3 is 10.5 Å². The smallest absolute Gasteiger partial charge is 0.311 e. The van der Waals surface area contributed by atoms with E-state index in [2.05, 4.69) is 10.5 Å². The van der Waals surface area contributed by atoms with Gasteiger partial charge in [0.05, 0.1) is 0 Å². The van der Waals surface area contributed by atoms with Gasteiger partial charge in [-0.25, -0.2) is 0 Å². The molecule has 0 bridgehead atoms. The van der Waals surface area contributed by atoms with Gasteiger partial charge in [0.2, 0.25) is 0 Å². The number of carbonyl (C=O) groups is 1. The fourth-order valence-corrected chi connectivity index (χ4v) is 0.420. The summed E-state index contributed by atoms with van der Waals surface area (Å²) < 4.78 is 0. The molecule has 0 heterocycles. The van der Waals surface area contributed by atoms with E-state index in [0.29, 0.717) is 14.0 Å². The average Bonchev–Trinajstić information content (AvgIpc) is 1.68. The molecule has 0 unspecified atom stereocenters. The summed E-state index contributed by atoms with van der Waals surface area (Å²) in [6.45, 7) is 2.61. The molecule has 0 fully saturated rings. The normalized spacial score (nSPS) is 8.25. The van der Waals surface area contributed by atoms with E-state index < -0.39 is 0 Å². The Morgan fingerprint density at radius 1 is 1.75 bits per heavy atom. The average molecular weight is 114 g/mol. The maximum absolute atomic E-state index is 10.5. The van der Waals surface area contributed by atoms with E-state index in [4.69, 9.17) is 0 Å². The molecule has 46 valence electrons. The Balaban J connectivity index is 3.06. The lowest BCUT2D eigenvalue weighted by Gasteiger charge is -1.96. The Labute approximate surface area is 50.1 Å². The van der Waals surface area contributed by atoms with E-state index in [0.717, 1.165) is 0 Å². The number of rotatable bonds is 3. The third-order valence-corrected chi connectivity index (χ3v) is 0.711. The first-order valence-electron chi connectivity index (χ1n) is 2.72. The molecule has 0 atom stereocenters. The number of carbonyl (C=O) groups excluding carboxylic acids is 1. The summed E-state index contributed by atoms with van der Waals surface area (Å²) in [5.41, 5.74) is 0. The van der Waals surface area contributed by atoms with Crippen molar-refractivity contribution in [3.05, 3.63) is 0 Å². The van der Waals surface area contributed by atoms with E-state index in [-0.39, 0.29) is 5.81 Å². The van der Waals surface area contributed by atoms with Gasteiger partial charge in [-0.15, -0.1) is 0 Å². The van der Waals surface area contributed by atoms with Crippen LogP contribution in [0.1, 0.15) is 6.92 Å². The molecule has 0 aromatic carbocycles. The van der Waals surface area contributed by atoms with E-state index in [1.165, 1.54) is 0 Å². The van der Waals surface area contributed by atoms with Crippen LogP contribution in [0.15, 0.2) is 0 Å². The molecule has 0 radical (unpaired) electrons. The maximum Gasteiger partial charge on any atom is 0.311 e. The van der Waals surface area contributed by atoms with Crippen LogP contribution >= 0.6 is 0 Å². The largest absolute Gasteiger partial charge is 0.364 e. The van der Waals surface area contributed by atoms with Crippen molar-refractivity contribution in [3.63, 3.8) is 0 Å². The molecule has 0 saturated heterocycles. The fraction of sp³-hybridized carbons (Fsp3) is 0.750. The maximum atomic E-state index is 10.5. The molecule has 0 aliphatic heterocycles. The summed E-state index contributed by atoms with van der Waals surface area (Å²) in [5, 5.41) is 5.39. The SMILES string of the molecule is CCNC(=O)BNC. The number of nitrogens with one attached hydrogen (secondary N) is 2. The lowest BCUT2D eigenvalue weighted by Crippen LogP contribution is -2.33. The van der Waals surface area contributed by atoms with Gasteiger partial charge in [-0.2, -0.15) is 0 Å². The summed E-state index contributed by atoms with van der Waals surface area (Å²) in [5.74, 6) is 0.0509. The van der Waals surface area contributed by atoms with E-state index in [1.807, 2.05) is 6.92 Å². The van der Waals surface area contributed by atoms with Crippen molar-refractivity contribution in [1.82, 2.24) is 10.5 Å². The molecule has 3 nitrogen and oxygen atoms in total. The quantitative estimate of drug-likeness (QED) is 0.475. The number of hydrogen-bond acceptors (Lipinski definition) is 2. The number of amides is 1. The summed E-state index contributed by atoms with van der Waals surface area (Å²) in [4.78, 5) is 10.5. The van der Waals surface area contributed by atoms with Crippen LogP contribution in [-0.4, -0.2) is 26.8 Å². The van der Waals surface area contributed by atoms with Crippen LogP contribution in [0.5, 0.6) is 0 Å². The molecule has 0 saturated carbocycles. The highest BCUT2D eigenvalue weighted by molar-refractivity contribution is 6.71. The Morgan fingerprint density at radius 3 is 2.75 bits per heavy atom. The van der Waals surface area contributed by atoms with Gasteiger partial charge in [0, 0.05) is 6.54 Å². The van der Waals surface area contributed by atoms with Gasteiger partial charge in [0.25, 0.3) is 0 Å². The Morgan fingerprint density at radius 2 is 2.38 bits per heavy atom. The van der Waals surface area contributed by atoms with Crippen molar-refractivity contribution in [2.45, 2.75) is 6.92 Å². The first-order valence-corrected chi connectivity index (χ1v) is 2.72. The molecule has 0 aliphatic rings. The summed E-state index contributed by atoms with van der Waals surface area (Å²) in [7, 11) is 2.16. The van der Waals surface area contributed by atoms with E-state index in [9.17, 15) is 4.79 Å². The molecule has 0 rings (SSSR count). The second kappa shape index (κ2) is 4.65. The highest BCUT2D eigenvalue weighted by atomic mass is 16.1. The predicted molar refractivity (Wildman–Crippen MR) is 35.3 cm³/mol. The predicted octanol–water partition coefficient (Wildman–Crippen LogP) is -0.713. The Bertz CT molecular complexity index is 68.4. The van der Waals surface area contributed by atoms with E-state index >= 15 is 0 Å². The van der Waals surface area contributed by atoms with Gasteiger partial charge in [-0.1, -0.05) is 0 Å². The van der Waals surface area contributed by atoms with Crippen LogP contribution in [0.25, 0.3) is 0 Å². The topological polar surface area (TPSA) is 41.1 Å². The molecule has 4 heteroatoms. The highest BCUT2D eigenvalue weighted by Gasteiger charge is 1.95. The van der Waals surface area contributed by atoms with Gasteiger partial charge in [0.15, 0.2) is 5.81 Å². The van der Waals surface area contributed by atoms with Crippen LogP contribution in [-0.2, 0) is 0 Å². The molecule has 1 amide bonds. The van der Waals surface area contributed by atoms with Crippen LogP contribution in [0.2, 0.25) is 0 Å². The minimum atomic E-state index is 0.0509. The zero-order valence-corrected chi connectivity index (χ0v) is 5.32. The van der Waals surface area contributed by atoms with Crippen LogP contribution in [0, 0.1) is 0 Å². The first-order chi connectivity index (χ1) is 3.81. The third kappa shape index (κ3) is 3.68. The van der Waals surface area contributed by atoms with E-state index in [1.54, 1.807) is 7.05 Å². The fourth-order valence-electron chi connectivity index (χ4n) is 0.420. The van der Waals surface area contributed by atoms with Gasteiger partial charge in [-0.05, 0) is 14.0 Å². The monoisotopic (exact) mass is 114 g/mol. The van der Waals surface area contributed by atoms with Crippen LogP contribution in [0.4, 0.5) is 4.79 Å². The van der Waals surface area contributed by atoms with Crippen molar-refractivity contribution in [1.29, 1.82) is 0 Å². The molecule has 0 aromatic rings. The molecule has 2 N–H and O–H groups in total. The van der Waals surface area contributed by atoms with Crippen molar-refractivity contribution < 1.29 is 4.79 Å². The lowest BCUT2D eigenvalue weighted by atomic mass is 9.94. The molecule has 0 aromatic heterocycles. The summed E-state index contributed by atoms with van der Waals surface area (Å²) >= 11 is 0. The molecular formula is C4H11BN2O. The molecule has 8 heavy (non-hydrogen) atoms. The first kappa shape index (κ1) is 7.49. The lowest BCUT2D eigenvalue weighted by molar-refractivity contribution is 0.259. The zero-order chi connectivity index (χ0) is 6.41. The minimum absolute atomic E-state index is 0.0509. The zero-order valence-electron chi connectivity index (χ0n) is 5.32. The van der Waals surface area contributed by atoms with Gasteiger partial charge >= 0.3 is 7.41 Å². The van der Waals surface area contributed by atoms with Crippen LogP contribution < -0.4 is 10.5 Å². The number of hydrogen-bond donors (Lipinski definition) is 2. The van der Waals surface area contributed by atoms with Crippen molar-refractivity contribution in [2.24, 2.45) is 0 Å². The highest BCUT2D eigenvalue weighted by Crippen LogP contribution is 1.60. The molecule has 0 aliphatic carbocycles. The van der Waals surface area contributed by atoms with Crippen molar-refractivity contribution in [3.8, 4) is 0 Å². The molecular weight excluding hydrogens is 103 g/mol. The van der Waals surface area contributed by atoms with Crippen molar-refractivity contribution in [2.75, 3.05) is 13.6 Å². The minimum Gasteiger partial charge on any atom is -0.364 e. The standard InChI is InChI=1S/C4H11BN2O/c1-3-7-4(8)5-6-2/h5-6H,3H2,1-2H3,(H,7,8). The third-order valence-electron chi connectivity index (χ3n) is 0.711. The van der Waals surface area contributed by atoms with Crippen molar-refractivity contribution >= 4 is 13.2 Å².